The van der Waals surface area contributed by atoms with Gasteiger partial charge < -0.3 is 10.1 Å². The zero-order valence-electron chi connectivity index (χ0n) is 7.21. The first kappa shape index (κ1) is 7.62. The predicted octanol–water partition coefficient (Wildman–Crippen LogP) is 1.73. The van der Waals surface area contributed by atoms with Gasteiger partial charge in [0.2, 0.25) is 0 Å². The van der Waals surface area contributed by atoms with Gasteiger partial charge in [-0.1, -0.05) is 12.1 Å². The fraction of sp³-hybridized carbons (Fsp3) is 0.400. The molecule has 2 heteroatoms. The third-order valence-electron chi connectivity index (χ3n) is 2.32. The highest BCUT2D eigenvalue weighted by Gasteiger charge is 2.18. The molecule has 0 radical (unpaired) electrons. The molecule has 1 aromatic carbocycles. The number of nitrogens with one attached hydrogen (secondary N) is 1. The molecule has 2 rings (SSSR count). The molecular formula is C10H13NO. The van der Waals surface area contributed by atoms with Crippen molar-refractivity contribution >= 4 is 0 Å². The lowest BCUT2D eigenvalue weighted by atomic mass is 9.98. The Morgan fingerprint density at radius 1 is 1.50 bits per heavy atom. The fourth-order valence-corrected chi connectivity index (χ4v) is 1.43. The monoisotopic (exact) mass is 163 g/mol. The van der Waals surface area contributed by atoms with Gasteiger partial charge in [-0.25, -0.2) is 0 Å². The van der Waals surface area contributed by atoms with Crippen molar-refractivity contribution in [2.45, 2.75) is 12.5 Å². The van der Waals surface area contributed by atoms with Crippen molar-refractivity contribution in [2.75, 3.05) is 13.7 Å². The van der Waals surface area contributed by atoms with E-state index in [2.05, 4.69) is 17.4 Å². The minimum Gasteiger partial charge on any atom is -0.497 e. The first-order chi connectivity index (χ1) is 5.90. The Morgan fingerprint density at radius 2 is 2.33 bits per heavy atom. The van der Waals surface area contributed by atoms with Crippen LogP contribution in [-0.4, -0.2) is 13.7 Å². The summed E-state index contributed by atoms with van der Waals surface area (Å²) in [5.41, 5.74) is 1.33. The van der Waals surface area contributed by atoms with E-state index in [1.54, 1.807) is 7.11 Å². The maximum Gasteiger partial charge on any atom is 0.119 e. The molecule has 1 fully saturated rings. The minimum absolute atomic E-state index is 0.556. The Morgan fingerprint density at radius 3 is 2.92 bits per heavy atom. The van der Waals surface area contributed by atoms with Crippen LogP contribution in [0.4, 0.5) is 0 Å². The molecule has 1 unspecified atom stereocenters. The molecule has 1 aliphatic heterocycles. The lowest BCUT2D eigenvalue weighted by Crippen LogP contribution is -2.34. The number of rotatable bonds is 2. The van der Waals surface area contributed by atoms with E-state index >= 15 is 0 Å². The van der Waals surface area contributed by atoms with Crippen LogP contribution in [0.5, 0.6) is 5.75 Å². The number of benzene rings is 1. The van der Waals surface area contributed by atoms with Crippen LogP contribution in [0.25, 0.3) is 0 Å². The van der Waals surface area contributed by atoms with E-state index in [4.69, 9.17) is 4.74 Å². The highest BCUT2D eigenvalue weighted by molar-refractivity contribution is 5.31. The van der Waals surface area contributed by atoms with Gasteiger partial charge in [0.1, 0.15) is 5.75 Å². The van der Waals surface area contributed by atoms with Crippen molar-refractivity contribution in [1.29, 1.82) is 0 Å². The third-order valence-corrected chi connectivity index (χ3v) is 2.32. The average molecular weight is 163 g/mol. The van der Waals surface area contributed by atoms with Crippen LogP contribution in [-0.2, 0) is 0 Å². The maximum absolute atomic E-state index is 5.15. The van der Waals surface area contributed by atoms with Crippen molar-refractivity contribution in [3.05, 3.63) is 29.8 Å². The molecule has 0 spiro atoms. The van der Waals surface area contributed by atoms with Crippen LogP contribution >= 0.6 is 0 Å². The van der Waals surface area contributed by atoms with Gasteiger partial charge >= 0.3 is 0 Å². The van der Waals surface area contributed by atoms with Crippen LogP contribution < -0.4 is 10.1 Å². The number of hydrogen-bond donors (Lipinski definition) is 1. The molecule has 1 saturated heterocycles. The summed E-state index contributed by atoms with van der Waals surface area (Å²) in [7, 11) is 1.70. The Balaban J connectivity index is 2.19. The van der Waals surface area contributed by atoms with Crippen LogP contribution in [0.15, 0.2) is 24.3 Å². The SMILES string of the molecule is COc1cccc(C2CCN2)c1. The molecule has 0 bridgehead atoms. The van der Waals surface area contributed by atoms with E-state index in [0.29, 0.717) is 6.04 Å². The van der Waals surface area contributed by atoms with Crippen molar-refractivity contribution in [1.82, 2.24) is 5.32 Å². The molecule has 0 amide bonds. The molecule has 64 valence electrons. The first-order valence-corrected chi connectivity index (χ1v) is 4.27. The number of methoxy groups -OCH3 is 1. The molecule has 0 aromatic heterocycles. The largest absolute Gasteiger partial charge is 0.497 e. The summed E-state index contributed by atoms with van der Waals surface area (Å²) < 4.78 is 5.15. The molecular weight excluding hydrogens is 150 g/mol. The molecule has 2 nitrogen and oxygen atoms in total. The molecule has 12 heavy (non-hydrogen) atoms. The standard InChI is InChI=1S/C10H13NO/c1-12-9-4-2-3-8(7-9)10-5-6-11-10/h2-4,7,10-11H,5-6H2,1H3. The van der Waals surface area contributed by atoms with Gasteiger partial charge in [-0.2, -0.15) is 0 Å². The summed E-state index contributed by atoms with van der Waals surface area (Å²) in [5.74, 6) is 0.946. The highest BCUT2D eigenvalue weighted by atomic mass is 16.5. The fourth-order valence-electron chi connectivity index (χ4n) is 1.43. The lowest BCUT2D eigenvalue weighted by Gasteiger charge is -2.28. The van der Waals surface area contributed by atoms with E-state index in [-0.39, 0.29) is 0 Å². The van der Waals surface area contributed by atoms with Gasteiger partial charge in [0, 0.05) is 6.04 Å². The van der Waals surface area contributed by atoms with Crippen LogP contribution in [0.3, 0.4) is 0 Å². The van der Waals surface area contributed by atoms with Gasteiger partial charge in [-0.15, -0.1) is 0 Å². The molecule has 1 aromatic rings. The second-order valence-electron chi connectivity index (χ2n) is 3.07. The highest BCUT2D eigenvalue weighted by Crippen LogP contribution is 2.25. The van der Waals surface area contributed by atoms with Gasteiger partial charge in [0.05, 0.1) is 7.11 Å². The molecule has 0 saturated carbocycles. The summed E-state index contributed by atoms with van der Waals surface area (Å²) in [6.07, 6.45) is 1.24. The number of hydrogen-bond acceptors (Lipinski definition) is 2. The first-order valence-electron chi connectivity index (χ1n) is 4.27. The quantitative estimate of drug-likeness (QED) is 0.717. The third kappa shape index (κ3) is 1.30. The zero-order chi connectivity index (χ0) is 8.39. The van der Waals surface area contributed by atoms with Gasteiger partial charge in [-0.05, 0) is 30.7 Å². The van der Waals surface area contributed by atoms with Crippen LogP contribution in [0, 0.1) is 0 Å². The summed E-state index contributed by atoms with van der Waals surface area (Å²) in [5, 5.41) is 3.36. The normalized spacial score (nSPS) is 21.6. The second kappa shape index (κ2) is 3.15. The minimum atomic E-state index is 0.556. The van der Waals surface area contributed by atoms with E-state index in [1.807, 2.05) is 12.1 Å². The topological polar surface area (TPSA) is 21.3 Å². The van der Waals surface area contributed by atoms with Crippen molar-refractivity contribution in [3.8, 4) is 5.75 Å². The summed E-state index contributed by atoms with van der Waals surface area (Å²) in [6.45, 7) is 1.14. The van der Waals surface area contributed by atoms with Gasteiger partial charge in [-0.3, -0.25) is 0 Å². The summed E-state index contributed by atoms with van der Waals surface area (Å²) in [6, 6.07) is 8.80. The Bertz CT molecular complexity index is 268. The Hall–Kier alpha value is -1.02. The van der Waals surface area contributed by atoms with E-state index in [0.717, 1.165) is 12.3 Å². The smallest absolute Gasteiger partial charge is 0.119 e. The second-order valence-corrected chi connectivity index (χ2v) is 3.07. The summed E-state index contributed by atoms with van der Waals surface area (Å²) >= 11 is 0. The Labute approximate surface area is 72.5 Å². The van der Waals surface area contributed by atoms with E-state index in [1.165, 1.54) is 12.0 Å². The predicted molar refractivity (Wildman–Crippen MR) is 48.4 cm³/mol. The lowest BCUT2D eigenvalue weighted by molar-refractivity contribution is 0.378. The number of ether oxygens (including phenoxy) is 1. The van der Waals surface area contributed by atoms with Gasteiger partial charge in [0.25, 0.3) is 0 Å². The van der Waals surface area contributed by atoms with Gasteiger partial charge in [0.15, 0.2) is 0 Å². The molecule has 1 atom stereocenters. The Kier molecular flexibility index (Phi) is 2.00. The molecule has 1 aliphatic rings. The average Bonchev–Trinajstić information content (AvgIpc) is 2.02. The van der Waals surface area contributed by atoms with E-state index in [9.17, 15) is 0 Å². The van der Waals surface area contributed by atoms with Crippen molar-refractivity contribution in [2.24, 2.45) is 0 Å². The molecule has 1 N–H and O–H groups in total. The molecule has 0 aliphatic carbocycles. The van der Waals surface area contributed by atoms with Crippen LogP contribution in [0.1, 0.15) is 18.0 Å². The van der Waals surface area contributed by atoms with Crippen molar-refractivity contribution in [3.63, 3.8) is 0 Å². The zero-order valence-corrected chi connectivity index (χ0v) is 7.21. The van der Waals surface area contributed by atoms with Crippen molar-refractivity contribution < 1.29 is 4.74 Å². The maximum atomic E-state index is 5.15. The molecule has 1 heterocycles. The summed E-state index contributed by atoms with van der Waals surface area (Å²) in [4.78, 5) is 0. The van der Waals surface area contributed by atoms with E-state index < -0.39 is 0 Å². The van der Waals surface area contributed by atoms with Crippen LogP contribution in [0.2, 0.25) is 0 Å².